The largest absolute Gasteiger partial charge is 0.478 e. The second-order valence-electron chi connectivity index (χ2n) is 2.92. The van der Waals surface area contributed by atoms with Crippen molar-refractivity contribution in [3.8, 4) is 0 Å². The van der Waals surface area contributed by atoms with Gasteiger partial charge >= 0.3 is 5.97 Å². The fourth-order valence-corrected chi connectivity index (χ4v) is 1.78. The molecule has 0 atom stereocenters. The Kier molecular flexibility index (Phi) is 2.00. The Balaban J connectivity index is 2.66. The molecular formula is C10H5BrO3. The topological polar surface area (TPSA) is 54.4 Å². The highest BCUT2D eigenvalue weighted by molar-refractivity contribution is 9.10. The molecule has 1 aliphatic carbocycles. The summed E-state index contributed by atoms with van der Waals surface area (Å²) in [5.41, 5.74) is 0.994. The van der Waals surface area contributed by atoms with Gasteiger partial charge in [-0.2, -0.15) is 0 Å². The minimum atomic E-state index is -1.07. The quantitative estimate of drug-likeness (QED) is 0.833. The van der Waals surface area contributed by atoms with Crippen LogP contribution in [0.15, 0.2) is 28.7 Å². The average Bonchev–Trinajstić information content (AvgIpc) is 2.43. The molecule has 0 aliphatic heterocycles. The Labute approximate surface area is 88.2 Å². The van der Waals surface area contributed by atoms with Gasteiger partial charge in [0.15, 0.2) is 5.78 Å². The van der Waals surface area contributed by atoms with Crippen molar-refractivity contribution < 1.29 is 14.7 Å². The van der Waals surface area contributed by atoms with Crippen LogP contribution in [0.5, 0.6) is 0 Å². The highest BCUT2D eigenvalue weighted by Crippen LogP contribution is 2.29. The number of carbonyl (C=O) groups is 2. The number of fused-ring (bicyclic) bond motifs is 1. The van der Waals surface area contributed by atoms with Crippen molar-refractivity contribution >= 4 is 33.3 Å². The number of ketones is 1. The van der Waals surface area contributed by atoms with Crippen molar-refractivity contribution in [3.05, 3.63) is 39.9 Å². The molecule has 0 unspecified atom stereocenters. The average molecular weight is 253 g/mol. The van der Waals surface area contributed by atoms with Crippen LogP contribution in [0.4, 0.5) is 0 Å². The summed E-state index contributed by atoms with van der Waals surface area (Å²) in [4.78, 5) is 22.1. The van der Waals surface area contributed by atoms with Crippen LogP contribution in [-0.4, -0.2) is 16.9 Å². The molecule has 0 radical (unpaired) electrons. The molecule has 14 heavy (non-hydrogen) atoms. The van der Waals surface area contributed by atoms with Crippen LogP contribution in [0.25, 0.3) is 5.57 Å². The number of hydrogen-bond donors (Lipinski definition) is 1. The van der Waals surface area contributed by atoms with Gasteiger partial charge in [-0.25, -0.2) is 4.79 Å². The van der Waals surface area contributed by atoms with Crippen molar-refractivity contribution in [1.82, 2.24) is 0 Å². The maximum atomic E-state index is 11.3. The van der Waals surface area contributed by atoms with Crippen molar-refractivity contribution in [2.45, 2.75) is 0 Å². The number of carboxylic acids is 1. The van der Waals surface area contributed by atoms with E-state index in [1.165, 1.54) is 0 Å². The smallest absolute Gasteiger partial charge is 0.336 e. The molecule has 1 aromatic carbocycles. The van der Waals surface area contributed by atoms with Gasteiger partial charge in [0.2, 0.25) is 0 Å². The van der Waals surface area contributed by atoms with Crippen molar-refractivity contribution in [3.63, 3.8) is 0 Å². The third kappa shape index (κ3) is 1.28. The lowest BCUT2D eigenvalue weighted by Crippen LogP contribution is -1.97. The molecule has 1 aliphatic rings. The van der Waals surface area contributed by atoms with Gasteiger partial charge in [-0.05, 0) is 18.2 Å². The predicted octanol–water partition coefficient (Wildman–Crippen LogP) is 2.11. The van der Waals surface area contributed by atoms with Crippen LogP contribution in [-0.2, 0) is 4.79 Å². The zero-order valence-corrected chi connectivity index (χ0v) is 8.54. The zero-order chi connectivity index (χ0) is 10.3. The Morgan fingerprint density at radius 2 is 2.00 bits per heavy atom. The van der Waals surface area contributed by atoms with Gasteiger partial charge in [0.1, 0.15) is 0 Å². The fraction of sp³-hybridized carbons (Fsp3) is 0. The second-order valence-corrected chi connectivity index (χ2v) is 3.83. The van der Waals surface area contributed by atoms with E-state index in [-0.39, 0.29) is 11.4 Å². The van der Waals surface area contributed by atoms with E-state index < -0.39 is 5.97 Å². The molecule has 0 fully saturated rings. The standard InChI is InChI=1S/C10H5BrO3/c11-5-1-2-6-7(3-5)8(10(13)14)4-9(6)12/h1-4H,(H,13,14). The molecule has 0 heterocycles. The van der Waals surface area contributed by atoms with Gasteiger partial charge in [-0.1, -0.05) is 15.9 Å². The molecule has 1 N–H and O–H groups in total. The molecule has 3 nitrogen and oxygen atoms in total. The number of benzene rings is 1. The molecule has 2 rings (SSSR count). The summed E-state index contributed by atoms with van der Waals surface area (Å²) >= 11 is 3.23. The van der Waals surface area contributed by atoms with Crippen LogP contribution in [0, 0.1) is 0 Å². The fourth-order valence-electron chi connectivity index (χ4n) is 1.42. The van der Waals surface area contributed by atoms with Crippen molar-refractivity contribution in [1.29, 1.82) is 0 Å². The van der Waals surface area contributed by atoms with E-state index in [2.05, 4.69) is 15.9 Å². The van der Waals surface area contributed by atoms with Crippen molar-refractivity contribution in [2.75, 3.05) is 0 Å². The molecule has 0 saturated carbocycles. The third-order valence-corrected chi connectivity index (χ3v) is 2.54. The second kappa shape index (κ2) is 3.06. The maximum absolute atomic E-state index is 11.3. The molecular weight excluding hydrogens is 248 g/mol. The maximum Gasteiger partial charge on any atom is 0.336 e. The highest BCUT2D eigenvalue weighted by Gasteiger charge is 2.25. The number of carbonyl (C=O) groups excluding carboxylic acids is 1. The van der Waals surface area contributed by atoms with Crippen molar-refractivity contribution in [2.24, 2.45) is 0 Å². The Morgan fingerprint density at radius 1 is 1.29 bits per heavy atom. The van der Waals surface area contributed by atoms with Crippen LogP contribution in [0.2, 0.25) is 0 Å². The lowest BCUT2D eigenvalue weighted by atomic mass is 10.1. The van der Waals surface area contributed by atoms with Gasteiger partial charge in [0, 0.05) is 21.7 Å². The molecule has 0 spiro atoms. The summed E-state index contributed by atoms with van der Waals surface area (Å²) in [6, 6.07) is 4.98. The molecule has 0 amide bonds. The van der Waals surface area contributed by atoms with Gasteiger partial charge in [0.05, 0.1) is 5.57 Å². The van der Waals surface area contributed by atoms with Gasteiger partial charge in [0.25, 0.3) is 0 Å². The number of halogens is 1. The van der Waals surface area contributed by atoms with Crippen LogP contribution in [0.3, 0.4) is 0 Å². The van der Waals surface area contributed by atoms with Gasteiger partial charge in [-0.3, -0.25) is 4.79 Å². The van der Waals surface area contributed by atoms with Crippen LogP contribution in [0.1, 0.15) is 15.9 Å². The molecule has 4 heteroatoms. The zero-order valence-electron chi connectivity index (χ0n) is 6.95. The molecule has 0 saturated heterocycles. The normalized spacial score (nSPS) is 13.8. The molecule has 70 valence electrons. The van der Waals surface area contributed by atoms with Crippen LogP contribution < -0.4 is 0 Å². The first-order chi connectivity index (χ1) is 6.59. The first-order valence-electron chi connectivity index (χ1n) is 3.89. The minimum Gasteiger partial charge on any atom is -0.478 e. The summed E-state index contributed by atoms with van der Waals surface area (Å²) in [7, 11) is 0. The number of aliphatic carboxylic acids is 1. The molecule has 0 bridgehead atoms. The highest BCUT2D eigenvalue weighted by atomic mass is 79.9. The predicted molar refractivity (Wildman–Crippen MR) is 54.1 cm³/mol. The van der Waals surface area contributed by atoms with E-state index in [1.54, 1.807) is 18.2 Å². The first-order valence-corrected chi connectivity index (χ1v) is 4.68. The summed E-state index contributed by atoms with van der Waals surface area (Å²) in [5.74, 6) is -1.32. The minimum absolute atomic E-state index is 0.0614. The lowest BCUT2D eigenvalue weighted by molar-refractivity contribution is -0.130. The number of allylic oxidation sites excluding steroid dienone is 1. The van der Waals surface area contributed by atoms with E-state index in [4.69, 9.17) is 5.11 Å². The SMILES string of the molecule is O=C(O)C1=CC(=O)c2ccc(Br)cc21. The summed E-state index contributed by atoms with van der Waals surface area (Å²) < 4.78 is 0.762. The van der Waals surface area contributed by atoms with Gasteiger partial charge in [-0.15, -0.1) is 0 Å². The molecule has 1 aromatic rings. The van der Waals surface area contributed by atoms with E-state index in [1.807, 2.05) is 0 Å². The Hall–Kier alpha value is -1.42. The van der Waals surface area contributed by atoms with Crippen LogP contribution >= 0.6 is 15.9 Å². The third-order valence-electron chi connectivity index (χ3n) is 2.04. The van der Waals surface area contributed by atoms with E-state index >= 15 is 0 Å². The number of rotatable bonds is 1. The van der Waals surface area contributed by atoms with E-state index in [0.29, 0.717) is 11.1 Å². The van der Waals surface area contributed by atoms with E-state index in [9.17, 15) is 9.59 Å². The lowest BCUT2D eigenvalue weighted by Gasteiger charge is -2.00. The summed E-state index contributed by atoms with van der Waals surface area (Å²) in [5, 5.41) is 8.83. The van der Waals surface area contributed by atoms with E-state index in [0.717, 1.165) is 10.5 Å². The monoisotopic (exact) mass is 252 g/mol. The van der Waals surface area contributed by atoms with Gasteiger partial charge < -0.3 is 5.11 Å². The first kappa shape index (κ1) is 9.15. The summed E-state index contributed by atoms with van der Waals surface area (Å²) in [6.45, 7) is 0. The molecule has 0 aromatic heterocycles. The number of carboxylic acid groups (broad SMARTS) is 1. The Morgan fingerprint density at radius 3 is 2.64 bits per heavy atom. The summed E-state index contributed by atoms with van der Waals surface area (Å²) in [6.07, 6.45) is 1.15. The number of hydrogen-bond acceptors (Lipinski definition) is 2. The Bertz CT molecular complexity index is 474.